The van der Waals surface area contributed by atoms with E-state index in [1.54, 1.807) is 0 Å². The van der Waals surface area contributed by atoms with Gasteiger partial charge >= 0.3 is 0 Å². The second-order valence-electron chi connectivity index (χ2n) is 16.3. The highest BCUT2D eigenvalue weighted by atomic mass is 16.3. The van der Waals surface area contributed by atoms with Crippen molar-refractivity contribution in [2.75, 3.05) is 0 Å². The van der Waals surface area contributed by atoms with Gasteiger partial charge in [-0.3, -0.25) is 0 Å². The average Bonchev–Trinajstić information content (AvgIpc) is 4.02. The Morgan fingerprint density at radius 3 is 1.71 bits per heavy atom. The summed E-state index contributed by atoms with van der Waals surface area (Å²) in [5.41, 5.74) is 18.4. The highest BCUT2D eigenvalue weighted by Crippen LogP contribution is 2.64. The molecular formula is C57H32O2. The normalized spacial score (nSPS) is 13.6. The quantitative estimate of drug-likeness (QED) is 0.176. The van der Waals surface area contributed by atoms with Crippen LogP contribution in [-0.4, -0.2) is 0 Å². The number of benzene rings is 10. The summed E-state index contributed by atoms with van der Waals surface area (Å²) in [7, 11) is 0. The summed E-state index contributed by atoms with van der Waals surface area (Å²) in [6.07, 6.45) is 0. The molecule has 2 nitrogen and oxygen atoms in total. The molecule has 2 heterocycles. The van der Waals surface area contributed by atoms with Crippen molar-refractivity contribution >= 4 is 65.4 Å². The molecule has 2 aliphatic rings. The second-order valence-corrected chi connectivity index (χ2v) is 16.3. The van der Waals surface area contributed by atoms with Gasteiger partial charge in [0.25, 0.3) is 0 Å². The van der Waals surface area contributed by atoms with Gasteiger partial charge < -0.3 is 8.83 Å². The third-order valence-corrected chi connectivity index (χ3v) is 13.5. The maximum atomic E-state index is 6.58. The Balaban J connectivity index is 1.06. The third kappa shape index (κ3) is 4.00. The van der Waals surface area contributed by atoms with E-state index in [0.29, 0.717) is 0 Å². The zero-order chi connectivity index (χ0) is 38.4. The van der Waals surface area contributed by atoms with Gasteiger partial charge in [0.15, 0.2) is 0 Å². The molecule has 2 aliphatic carbocycles. The lowest BCUT2D eigenvalue weighted by molar-refractivity contribution is 0.669. The summed E-state index contributed by atoms with van der Waals surface area (Å²) in [4.78, 5) is 0. The summed E-state index contributed by atoms with van der Waals surface area (Å²) in [5.74, 6) is 0. The minimum atomic E-state index is -0.457. The molecule has 2 heteroatoms. The molecule has 0 fully saturated rings. The maximum Gasteiger partial charge on any atom is 0.136 e. The molecule has 272 valence electrons. The van der Waals surface area contributed by atoms with Crippen molar-refractivity contribution in [3.63, 3.8) is 0 Å². The summed E-state index contributed by atoms with van der Waals surface area (Å²) in [5, 5.41) is 9.45. The molecule has 59 heavy (non-hydrogen) atoms. The summed E-state index contributed by atoms with van der Waals surface area (Å²) in [6.45, 7) is 0. The van der Waals surface area contributed by atoms with E-state index in [0.717, 1.165) is 49.4 Å². The third-order valence-electron chi connectivity index (χ3n) is 13.5. The fraction of sp³-hybridized carbons (Fsp3) is 0.0175. The Kier molecular flexibility index (Phi) is 5.99. The van der Waals surface area contributed by atoms with Gasteiger partial charge in [-0.2, -0.15) is 0 Å². The fourth-order valence-corrected chi connectivity index (χ4v) is 11.1. The lowest BCUT2D eigenvalue weighted by atomic mass is 9.70. The van der Waals surface area contributed by atoms with Crippen LogP contribution in [0.15, 0.2) is 203 Å². The van der Waals surface area contributed by atoms with Crippen LogP contribution < -0.4 is 0 Å². The van der Waals surface area contributed by atoms with Crippen molar-refractivity contribution in [1.29, 1.82) is 0 Å². The van der Waals surface area contributed by atoms with Gasteiger partial charge in [0.05, 0.1) is 5.41 Å². The number of hydrogen-bond acceptors (Lipinski definition) is 2. The molecule has 0 aliphatic heterocycles. The van der Waals surface area contributed by atoms with Crippen LogP contribution in [0.3, 0.4) is 0 Å². The molecule has 0 radical (unpaired) electrons. The number of rotatable bonds is 2. The van der Waals surface area contributed by atoms with E-state index in [-0.39, 0.29) is 0 Å². The van der Waals surface area contributed by atoms with Gasteiger partial charge in [0.1, 0.15) is 22.3 Å². The van der Waals surface area contributed by atoms with Crippen LogP contribution in [0.25, 0.3) is 110 Å². The molecular weight excluding hydrogens is 717 g/mol. The smallest absolute Gasteiger partial charge is 0.136 e. The summed E-state index contributed by atoms with van der Waals surface area (Å²) >= 11 is 0. The van der Waals surface area contributed by atoms with Crippen LogP contribution in [0.4, 0.5) is 0 Å². The molecule has 0 atom stereocenters. The van der Waals surface area contributed by atoms with Crippen molar-refractivity contribution in [1.82, 2.24) is 0 Å². The zero-order valence-corrected chi connectivity index (χ0v) is 31.8. The molecule has 0 saturated heterocycles. The lowest BCUT2D eigenvalue weighted by Gasteiger charge is -2.30. The van der Waals surface area contributed by atoms with Gasteiger partial charge in [-0.05, 0) is 131 Å². The largest absolute Gasteiger partial charge is 0.456 e. The summed E-state index contributed by atoms with van der Waals surface area (Å²) < 4.78 is 13.0. The van der Waals surface area contributed by atoms with Gasteiger partial charge in [-0.15, -0.1) is 0 Å². The standard InChI is InChI=1S/C57H32O2/c1-2-12-34-31-54-46(29-33(34)11-1)56-38(17-10-22-52(56)59-54)35-24-27-49-45(30-35)55-44-18-9-16-37(36-23-25-43-42-15-5-8-21-51(42)58-53(43)32-36)39(44)26-28-50(55)57(49)47-19-6-3-13-40(47)41-14-4-7-20-48(41)57/h1-32H. The molecule has 10 aromatic carbocycles. The van der Waals surface area contributed by atoms with Crippen LogP contribution in [0.2, 0.25) is 0 Å². The Labute approximate surface area is 339 Å². The van der Waals surface area contributed by atoms with Gasteiger partial charge in [-0.25, -0.2) is 0 Å². The van der Waals surface area contributed by atoms with E-state index in [2.05, 4.69) is 188 Å². The van der Waals surface area contributed by atoms with E-state index in [1.165, 1.54) is 82.7 Å². The van der Waals surface area contributed by atoms with E-state index >= 15 is 0 Å². The van der Waals surface area contributed by atoms with Gasteiger partial charge in [0.2, 0.25) is 0 Å². The van der Waals surface area contributed by atoms with E-state index in [1.807, 2.05) is 6.07 Å². The highest BCUT2D eigenvalue weighted by molar-refractivity contribution is 6.17. The molecule has 0 N–H and O–H groups in total. The van der Waals surface area contributed by atoms with Crippen molar-refractivity contribution in [2.45, 2.75) is 5.41 Å². The minimum absolute atomic E-state index is 0.457. The maximum absolute atomic E-state index is 6.58. The SMILES string of the molecule is c1ccc2c(c1)-c1ccccc1C21c2ccc(-c3cccc4oc5cc6ccccc6cc5c34)cc2-c2c1ccc1c(-c3ccc4c(c3)oc3ccccc34)cccc21. The van der Waals surface area contributed by atoms with Crippen LogP contribution >= 0.6 is 0 Å². The average molecular weight is 749 g/mol. The minimum Gasteiger partial charge on any atom is -0.456 e. The molecule has 0 unspecified atom stereocenters. The number of fused-ring (bicyclic) bond motifs is 19. The van der Waals surface area contributed by atoms with E-state index in [9.17, 15) is 0 Å². The van der Waals surface area contributed by atoms with Crippen molar-refractivity contribution in [3.05, 3.63) is 216 Å². The predicted molar refractivity (Wildman–Crippen MR) is 243 cm³/mol. The first kappa shape index (κ1) is 31.4. The Hall–Kier alpha value is -7.68. The lowest BCUT2D eigenvalue weighted by Crippen LogP contribution is -2.25. The predicted octanol–water partition coefficient (Wildman–Crippen LogP) is 15.5. The molecule has 0 saturated carbocycles. The molecule has 12 aromatic rings. The number of furan rings is 2. The Bertz CT molecular complexity index is 3750. The molecule has 14 rings (SSSR count). The zero-order valence-electron chi connectivity index (χ0n) is 31.8. The van der Waals surface area contributed by atoms with Crippen LogP contribution in [0, 0.1) is 0 Å². The highest BCUT2D eigenvalue weighted by Gasteiger charge is 2.52. The molecule has 1 spiro atoms. The Morgan fingerprint density at radius 1 is 0.288 bits per heavy atom. The number of hydrogen-bond donors (Lipinski definition) is 0. The van der Waals surface area contributed by atoms with Crippen LogP contribution in [0.1, 0.15) is 22.3 Å². The van der Waals surface area contributed by atoms with Crippen molar-refractivity contribution in [2.24, 2.45) is 0 Å². The molecule has 2 aromatic heterocycles. The van der Waals surface area contributed by atoms with Gasteiger partial charge in [-0.1, -0.05) is 152 Å². The Morgan fingerprint density at radius 2 is 0.847 bits per heavy atom. The van der Waals surface area contributed by atoms with Crippen LogP contribution in [0.5, 0.6) is 0 Å². The second kappa shape index (κ2) is 11.2. The molecule has 0 amide bonds. The van der Waals surface area contributed by atoms with E-state index in [4.69, 9.17) is 8.83 Å². The first-order valence-electron chi connectivity index (χ1n) is 20.4. The van der Waals surface area contributed by atoms with Crippen molar-refractivity contribution in [3.8, 4) is 44.5 Å². The summed E-state index contributed by atoms with van der Waals surface area (Å²) in [6, 6.07) is 71.4. The van der Waals surface area contributed by atoms with E-state index < -0.39 is 5.41 Å². The van der Waals surface area contributed by atoms with Crippen molar-refractivity contribution < 1.29 is 8.83 Å². The number of para-hydroxylation sites is 1. The topological polar surface area (TPSA) is 26.3 Å². The first-order valence-corrected chi connectivity index (χ1v) is 20.4. The van der Waals surface area contributed by atoms with Gasteiger partial charge in [0, 0.05) is 21.5 Å². The first-order chi connectivity index (χ1) is 29.2. The monoisotopic (exact) mass is 748 g/mol. The van der Waals surface area contributed by atoms with Crippen LogP contribution in [-0.2, 0) is 5.41 Å². The fourth-order valence-electron chi connectivity index (χ4n) is 11.1. The molecule has 0 bridgehead atoms.